The van der Waals surface area contributed by atoms with Gasteiger partial charge in [-0.1, -0.05) is 6.58 Å². The molecule has 4 aromatic carbocycles. The number of aromatic hydroxyl groups is 4. The molecular formula is C30H28N2O4. The molecule has 36 heavy (non-hydrogen) atoms. The van der Waals surface area contributed by atoms with Gasteiger partial charge in [0.25, 0.3) is 0 Å². The Hall–Kier alpha value is -4.45. The fourth-order valence-corrected chi connectivity index (χ4v) is 5.58. The molecule has 0 aliphatic carbocycles. The standard InChI is InChI=1S/C30H28N2O4/c1-13-6-18-9-19-10-22(31)28(27-15(3)8-21(34)12-24(27)36)17(5)30(19)32-29(18)16(4)25(13)26-14(2)7-20(33)11-23(26)35/h6-8,10-12,33-36H,1,9,31H2,2-5H3. The summed E-state index contributed by atoms with van der Waals surface area (Å²) in [5.74, 6) is -0.0679. The van der Waals surface area contributed by atoms with Gasteiger partial charge in [0, 0.05) is 40.9 Å². The largest absolute Gasteiger partial charge is 0.508 e. The highest BCUT2D eigenvalue weighted by atomic mass is 16.3. The summed E-state index contributed by atoms with van der Waals surface area (Å²) in [5, 5.41) is 42.7. The number of hydrogen-bond acceptors (Lipinski definition) is 6. The van der Waals surface area contributed by atoms with Crippen molar-refractivity contribution in [3.05, 3.63) is 80.4 Å². The fourth-order valence-electron chi connectivity index (χ4n) is 5.58. The average molecular weight is 481 g/mol. The molecule has 0 saturated carbocycles. The third-order valence-corrected chi connectivity index (χ3v) is 7.06. The highest BCUT2D eigenvalue weighted by molar-refractivity contribution is 5.90. The molecular weight excluding hydrogens is 452 g/mol. The van der Waals surface area contributed by atoms with E-state index < -0.39 is 0 Å². The Morgan fingerprint density at radius 3 is 1.81 bits per heavy atom. The predicted octanol–water partition coefficient (Wildman–Crippen LogP) is 4.92. The minimum Gasteiger partial charge on any atom is -0.508 e. The second-order valence-electron chi connectivity index (χ2n) is 9.62. The summed E-state index contributed by atoms with van der Waals surface area (Å²) >= 11 is 0. The second kappa shape index (κ2) is 8.05. The molecule has 0 fully saturated rings. The van der Waals surface area contributed by atoms with Crippen molar-refractivity contribution < 1.29 is 20.4 Å². The number of anilines is 1. The van der Waals surface area contributed by atoms with Gasteiger partial charge in [0.05, 0.1) is 11.0 Å². The fraction of sp³-hybridized carbons (Fsp3) is 0.167. The lowest BCUT2D eigenvalue weighted by Gasteiger charge is -2.23. The van der Waals surface area contributed by atoms with E-state index in [0.29, 0.717) is 34.4 Å². The topological polar surface area (TPSA) is 119 Å². The Balaban J connectivity index is 1.80. The van der Waals surface area contributed by atoms with Gasteiger partial charge in [0.15, 0.2) is 0 Å². The SMILES string of the molecule is C=c1cc2c(c(C)c1-c1c(C)cc(O)cc1O)=Nc1c(cc(N)c(-c3c(C)cc(O)cc3O)c1C)C2. The maximum Gasteiger partial charge on any atom is 0.127 e. The number of phenolic OH excluding ortho intramolecular Hbond substituents is 4. The monoisotopic (exact) mass is 480 g/mol. The molecule has 6 N–H and O–H groups in total. The van der Waals surface area contributed by atoms with Crippen molar-refractivity contribution in [1.82, 2.24) is 0 Å². The predicted molar refractivity (Wildman–Crippen MR) is 143 cm³/mol. The number of hydrogen-bond donors (Lipinski definition) is 5. The summed E-state index contributed by atoms with van der Waals surface area (Å²) in [5.41, 5.74) is 15.6. The normalized spacial score (nSPS) is 12.1. The lowest BCUT2D eigenvalue weighted by Crippen LogP contribution is -2.24. The summed E-state index contributed by atoms with van der Waals surface area (Å²) in [6, 6.07) is 9.75. The quantitative estimate of drug-likeness (QED) is 0.230. The molecule has 1 aliphatic rings. The van der Waals surface area contributed by atoms with Gasteiger partial charge < -0.3 is 26.2 Å². The lowest BCUT2D eigenvalue weighted by atomic mass is 9.86. The first-order valence-electron chi connectivity index (χ1n) is 11.7. The van der Waals surface area contributed by atoms with Crippen molar-refractivity contribution in [2.45, 2.75) is 34.1 Å². The zero-order chi connectivity index (χ0) is 26.0. The maximum absolute atomic E-state index is 10.7. The molecule has 1 heterocycles. The van der Waals surface area contributed by atoms with Crippen LogP contribution in [-0.4, -0.2) is 20.4 Å². The molecule has 1 aliphatic heterocycles. The molecule has 0 saturated heterocycles. The van der Waals surface area contributed by atoms with E-state index in [9.17, 15) is 20.4 Å². The molecule has 5 rings (SSSR count). The number of nitrogens with zero attached hydrogens (tertiary/aromatic N) is 1. The van der Waals surface area contributed by atoms with Gasteiger partial charge in [-0.2, -0.15) is 0 Å². The average Bonchev–Trinajstić information content (AvgIpc) is 2.76. The third-order valence-electron chi connectivity index (χ3n) is 7.06. The van der Waals surface area contributed by atoms with E-state index in [0.717, 1.165) is 49.6 Å². The molecule has 0 spiro atoms. The Morgan fingerprint density at radius 2 is 1.25 bits per heavy atom. The molecule has 0 radical (unpaired) electrons. The Labute approximate surface area is 209 Å². The van der Waals surface area contributed by atoms with Gasteiger partial charge in [0.1, 0.15) is 23.0 Å². The zero-order valence-corrected chi connectivity index (χ0v) is 20.7. The van der Waals surface area contributed by atoms with Gasteiger partial charge in [0.2, 0.25) is 0 Å². The van der Waals surface area contributed by atoms with Crippen LogP contribution in [0, 0.1) is 27.7 Å². The number of benzene rings is 4. The molecule has 0 amide bonds. The summed E-state index contributed by atoms with van der Waals surface area (Å²) in [4.78, 5) is 5.07. The Morgan fingerprint density at radius 1 is 0.694 bits per heavy atom. The van der Waals surface area contributed by atoms with E-state index in [-0.39, 0.29) is 23.0 Å². The van der Waals surface area contributed by atoms with Crippen LogP contribution in [0.2, 0.25) is 0 Å². The minimum absolute atomic E-state index is 0.00195. The van der Waals surface area contributed by atoms with E-state index in [4.69, 9.17) is 10.7 Å². The van der Waals surface area contributed by atoms with Crippen LogP contribution in [0.3, 0.4) is 0 Å². The van der Waals surface area contributed by atoms with E-state index in [1.165, 1.54) is 12.1 Å². The van der Waals surface area contributed by atoms with E-state index in [1.807, 2.05) is 39.8 Å². The van der Waals surface area contributed by atoms with E-state index in [1.54, 1.807) is 12.1 Å². The second-order valence-corrected chi connectivity index (χ2v) is 9.62. The van der Waals surface area contributed by atoms with Gasteiger partial charge in [-0.25, -0.2) is 4.99 Å². The van der Waals surface area contributed by atoms with Crippen LogP contribution < -0.4 is 16.3 Å². The molecule has 0 bridgehead atoms. The summed E-state index contributed by atoms with van der Waals surface area (Å²) in [7, 11) is 0. The van der Waals surface area contributed by atoms with Crippen LogP contribution in [0.4, 0.5) is 11.4 Å². The van der Waals surface area contributed by atoms with Gasteiger partial charge in [-0.05, 0) is 96.1 Å². The summed E-state index contributed by atoms with van der Waals surface area (Å²) in [6.45, 7) is 11.8. The Bertz CT molecular complexity index is 1670. The van der Waals surface area contributed by atoms with Crippen LogP contribution in [-0.2, 0) is 6.42 Å². The number of nitrogens with two attached hydrogens (primary N) is 1. The van der Waals surface area contributed by atoms with Crippen LogP contribution in [0.5, 0.6) is 23.0 Å². The first kappa shape index (κ1) is 23.3. The smallest absolute Gasteiger partial charge is 0.127 e. The number of fused-ring (bicyclic) bond motifs is 2. The highest BCUT2D eigenvalue weighted by Gasteiger charge is 2.24. The van der Waals surface area contributed by atoms with Crippen molar-refractivity contribution in [2.24, 2.45) is 4.99 Å². The molecule has 6 heteroatoms. The summed E-state index contributed by atoms with van der Waals surface area (Å²) in [6.07, 6.45) is 0.615. The lowest BCUT2D eigenvalue weighted by molar-refractivity contribution is 0.450. The first-order valence-corrected chi connectivity index (χ1v) is 11.7. The van der Waals surface area contributed by atoms with Crippen LogP contribution >= 0.6 is 0 Å². The molecule has 4 aromatic rings. The summed E-state index contributed by atoms with van der Waals surface area (Å²) < 4.78 is 0. The van der Waals surface area contributed by atoms with Crippen molar-refractivity contribution in [1.29, 1.82) is 0 Å². The maximum atomic E-state index is 10.7. The van der Waals surface area contributed by atoms with Gasteiger partial charge in [-0.15, -0.1) is 0 Å². The molecule has 0 aromatic heterocycles. The Kier molecular flexibility index (Phi) is 5.21. The van der Waals surface area contributed by atoms with Crippen LogP contribution in [0.1, 0.15) is 33.4 Å². The van der Waals surface area contributed by atoms with E-state index >= 15 is 0 Å². The third kappa shape index (κ3) is 3.45. The number of phenols is 4. The molecule has 182 valence electrons. The first-order chi connectivity index (χ1) is 17.0. The van der Waals surface area contributed by atoms with Crippen molar-refractivity contribution in [2.75, 3.05) is 5.73 Å². The van der Waals surface area contributed by atoms with Crippen LogP contribution in [0.25, 0.3) is 28.8 Å². The van der Waals surface area contributed by atoms with Crippen LogP contribution in [0.15, 0.2) is 41.4 Å². The highest BCUT2D eigenvalue weighted by Crippen LogP contribution is 2.45. The zero-order valence-electron chi connectivity index (χ0n) is 20.7. The number of aryl methyl sites for hydroxylation is 2. The number of rotatable bonds is 2. The van der Waals surface area contributed by atoms with Crippen molar-refractivity contribution in [3.8, 4) is 45.3 Å². The molecule has 0 atom stereocenters. The van der Waals surface area contributed by atoms with Crippen molar-refractivity contribution in [3.63, 3.8) is 0 Å². The minimum atomic E-state index is -0.0445. The van der Waals surface area contributed by atoms with Gasteiger partial charge >= 0.3 is 0 Å². The van der Waals surface area contributed by atoms with E-state index in [2.05, 4.69) is 6.58 Å². The molecule has 0 unspecified atom stereocenters. The van der Waals surface area contributed by atoms with Crippen molar-refractivity contribution >= 4 is 18.0 Å². The number of nitrogen functional groups attached to an aromatic ring is 1. The van der Waals surface area contributed by atoms with Gasteiger partial charge in [-0.3, -0.25) is 0 Å². The molecule has 6 nitrogen and oxygen atoms in total.